The second-order valence-corrected chi connectivity index (χ2v) is 8.42. The maximum absolute atomic E-state index is 13.2. The van der Waals surface area contributed by atoms with Crippen LogP contribution in [0.5, 0.6) is 0 Å². The molecule has 1 saturated heterocycles. The van der Waals surface area contributed by atoms with Crippen molar-refractivity contribution in [3.63, 3.8) is 0 Å². The molecule has 3 amide bonds. The number of nitrogens with one attached hydrogen (secondary N) is 4. The Bertz CT molecular complexity index is 1070. The molecule has 4 atom stereocenters. The van der Waals surface area contributed by atoms with Crippen LogP contribution in [-0.2, 0) is 36.8 Å². The van der Waals surface area contributed by atoms with Crippen LogP contribution in [0, 0.1) is 0 Å². The highest BCUT2D eigenvalue weighted by atomic mass is 16.4. The van der Waals surface area contributed by atoms with E-state index < -0.39 is 60.2 Å². The molecule has 0 bridgehead atoms. The normalized spacial score (nSPS) is 17.7. The van der Waals surface area contributed by atoms with Gasteiger partial charge in [0.25, 0.3) is 0 Å². The van der Waals surface area contributed by atoms with Crippen LogP contribution >= 0.6 is 0 Å². The number of carboxylic acids is 2. The largest absolute Gasteiger partial charge is 0.481 e. The Hall–Kier alpha value is -4.27. The highest BCUT2D eigenvalue weighted by Gasteiger charge is 2.38. The number of likely N-dealkylation sites (tertiary alicyclic amines) is 1. The van der Waals surface area contributed by atoms with E-state index in [2.05, 4.69) is 30.6 Å². The second kappa shape index (κ2) is 11.9. The molecule has 1 fully saturated rings. The Morgan fingerprint density at radius 1 is 1.03 bits per heavy atom. The summed E-state index contributed by atoms with van der Waals surface area (Å²) in [4.78, 5) is 76.2. The Kier molecular flexibility index (Phi) is 8.72. The summed E-state index contributed by atoms with van der Waals surface area (Å²) >= 11 is 0. The number of H-pyrrole nitrogens is 2. The number of aromatic nitrogens is 4. The number of hydrogen-bond acceptors (Lipinski definition) is 8. The third-order valence-corrected chi connectivity index (χ3v) is 5.76. The first kappa shape index (κ1) is 26.3. The molecule has 1 aliphatic heterocycles. The zero-order valence-corrected chi connectivity index (χ0v) is 19.2. The topological polar surface area (TPSA) is 236 Å². The van der Waals surface area contributed by atoms with Crippen molar-refractivity contribution in [2.24, 2.45) is 5.73 Å². The molecule has 3 rings (SSSR count). The number of carbonyl (C=O) groups is 5. The fourth-order valence-corrected chi connectivity index (χ4v) is 3.98. The van der Waals surface area contributed by atoms with Gasteiger partial charge in [0.2, 0.25) is 17.7 Å². The van der Waals surface area contributed by atoms with Crippen molar-refractivity contribution in [2.75, 3.05) is 6.54 Å². The predicted octanol–water partition coefficient (Wildman–Crippen LogP) is -2.23. The number of nitrogens with two attached hydrogens (primary N) is 1. The summed E-state index contributed by atoms with van der Waals surface area (Å²) in [6, 6.07) is -4.74. The summed E-state index contributed by atoms with van der Waals surface area (Å²) in [5.74, 6) is -4.87. The van der Waals surface area contributed by atoms with Gasteiger partial charge in [-0.05, 0) is 12.8 Å². The molecule has 15 nitrogen and oxygen atoms in total. The molecule has 2 aromatic rings. The van der Waals surface area contributed by atoms with Gasteiger partial charge in [-0.15, -0.1) is 0 Å². The minimum Gasteiger partial charge on any atom is -0.481 e. The Balaban J connectivity index is 1.70. The highest BCUT2D eigenvalue weighted by molar-refractivity contribution is 5.95. The first-order chi connectivity index (χ1) is 17.2. The lowest BCUT2D eigenvalue weighted by atomic mass is 10.1. The molecule has 15 heteroatoms. The van der Waals surface area contributed by atoms with Crippen molar-refractivity contribution >= 4 is 29.7 Å². The number of rotatable bonds is 12. The summed E-state index contributed by atoms with van der Waals surface area (Å²) in [6.45, 7) is 0.310. The van der Waals surface area contributed by atoms with Crippen LogP contribution < -0.4 is 16.4 Å². The molecule has 0 radical (unpaired) electrons. The van der Waals surface area contributed by atoms with E-state index in [1.165, 1.54) is 23.8 Å². The minimum atomic E-state index is -1.69. The molecule has 0 spiro atoms. The number of carboxylic acid groups (broad SMARTS) is 2. The number of nitrogens with zero attached hydrogens (tertiary/aromatic N) is 3. The van der Waals surface area contributed by atoms with Crippen molar-refractivity contribution < 1.29 is 34.2 Å². The van der Waals surface area contributed by atoms with E-state index in [0.717, 1.165) is 0 Å². The van der Waals surface area contributed by atoms with Crippen LogP contribution in [-0.4, -0.2) is 95.4 Å². The zero-order valence-electron chi connectivity index (χ0n) is 19.2. The molecular weight excluding hydrogens is 476 g/mol. The van der Waals surface area contributed by atoms with Gasteiger partial charge < -0.3 is 41.4 Å². The standard InChI is InChI=1S/C21H28N8O7/c22-13(4-11-7-23-9-25-11)20(34)29-3-1-2-16(29)19(33)27-14(5-12-8-24-10-26-12)18(32)28-15(21(35)36)6-17(30)31/h7-10,13-16H,1-6,22H2,(H,23,25)(H,24,26)(H,27,33)(H,28,32)(H,30,31)(H,35,36). The van der Waals surface area contributed by atoms with Gasteiger partial charge in [0, 0.05) is 43.2 Å². The molecule has 4 unspecified atom stereocenters. The highest BCUT2D eigenvalue weighted by Crippen LogP contribution is 2.19. The van der Waals surface area contributed by atoms with E-state index in [1.807, 2.05) is 0 Å². The molecule has 0 saturated carbocycles. The van der Waals surface area contributed by atoms with Crippen LogP contribution in [0.1, 0.15) is 30.7 Å². The number of carbonyl (C=O) groups excluding carboxylic acids is 3. The molecule has 0 aliphatic carbocycles. The average Bonchev–Trinajstić information content (AvgIpc) is 3.59. The number of amides is 3. The molecule has 2 aromatic heterocycles. The molecule has 8 N–H and O–H groups in total. The van der Waals surface area contributed by atoms with Gasteiger partial charge in [-0.25, -0.2) is 14.8 Å². The molecule has 1 aliphatic rings. The van der Waals surface area contributed by atoms with Gasteiger partial charge in [-0.1, -0.05) is 0 Å². The van der Waals surface area contributed by atoms with Gasteiger partial charge in [0.15, 0.2) is 0 Å². The summed E-state index contributed by atoms with van der Waals surface area (Å²) in [5, 5.41) is 22.9. The third kappa shape index (κ3) is 6.88. The fourth-order valence-electron chi connectivity index (χ4n) is 3.98. The fraction of sp³-hybridized carbons (Fsp3) is 0.476. The summed E-state index contributed by atoms with van der Waals surface area (Å²) in [5.41, 5.74) is 7.21. The molecule has 194 valence electrons. The van der Waals surface area contributed by atoms with Crippen molar-refractivity contribution in [3.05, 3.63) is 36.4 Å². The molecule has 3 heterocycles. The van der Waals surface area contributed by atoms with E-state index >= 15 is 0 Å². The average molecular weight is 505 g/mol. The van der Waals surface area contributed by atoms with Gasteiger partial charge in [0.05, 0.1) is 25.1 Å². The monoisotopic (exact) mass is 504 g/mol. The molecule has 0 aromatic carbocycles. The number of imidazole rings is 2. The third-order valence-electron chi connectivity index (χ3n) is 5.76. The number of hydrogen-bond donors (Lipinski definition) is 7. The van der Waals surface area contributed by atoms with Crippen molar-refractivity contribution in [2.45, 2.75) is 56.3 Å². The number of aromatic amines is 2. The van der Waals surface area contributed by atoms with Crippen LogP contribution in [0.4, 0.5) is 0 Å². The maximum atomic E-state index is 13.2. The van der Waals surface area contributed by atoms with Crippen LogP contribution in [0.2, 0.25) is 0 Å². The minimum absolute atomic E-state index is 0.0724. The lowest BCUT2D eigenvalue weighted by Crippen LogP contribution is -2.57. The van der Waals surface area contributed by atoms with Gasteiger partial charge in [-0.3, -0.25) is 19.2 Å². The maximum Gasteiger partial charge on any atom is 0.326 e. The lowest BCUT2D eigenvalue weighted by molar-refractivity contribution is -0.147. The Morgan fingerprint density at radius 3 is 2.22 bits per heavy atom. The van der Waals surface area contributed by atoms with Gasteiger partial charge in [0.1, 0.15) is 18.1 Å². The number of aliphatic carboxylic acids is 2. The predicted molar refractivity (Wildman–Crippen MR) is 121 cm³/mol. The summed E-state index contributed by atoms with van der Waals surface area (Å²) in [7, 11) is 0. The van der Waals surface area contributed by atoms with Gasteiger partial charge in [-0.2, -0.15) is 0 Å². The van der Waals surface area contributed by atoms with E-state index in [1.54, 1.807) is 6.20 Å². The van der Waals surface area contributed by atoms with Crippen LogP contribution in [0.3, 0.4) is 0 Å². The van der Waals surface area contributed by atoms with E-state index in [9.17, 15) is 29.1 Å². The van der Waals surface area contributed by atoms with E-state index in [-0.39, 0.29) is 12.8 Å². The Labute approximate surface area is 204 Å². The SMILES string of the molecule is NC(Cc1cnc[nH]1)C(=O)N1CCCC1C(=O)NC(Cc1cnc[nH]1)C(=O)NC(CC(=O)O)C(=O)O. The Morgan fingerprint density at radius 2 is 1.67 bits per heavy atom. The van der Waals surface area contributed by atoms with Gasteiger partial charge >= 0.3 is 11.9 Å². The molecular formula is C21H28N8O7. The zero-order chi connectivity index (χ0) is 26.2. The second-order valence-electron chi connectivity index (χ2n) is 8.42. The summed E-state index contributed by atoms with van der Waals surface area (Å²) in [6.07, 6.45) is 6.01. The molecule has 36 heavy (non-hydrogen) atoms. The summed E-state index contributed by atoms with van der Waals surface area (Å²) < 4.78 is 0. The van der Waals surface area contributed by atoms with Crippen LogP contribution in [0.15, 0.2) is 25.0 Å². The smallest absolute Gasteiger partial charge is 0.326 e. The lowest BCUT2D eigenvalue weighted by Gasteiger charge is -2.28. The van der Waals surface area contributed by atoms with Crippen molar-refractivity contribution in [1.29, 1.82) is 0 Å². The van der Waals surface area contributed by atoms with Crippen molar-refractivity contribution in [3.8, 4) is 0 Å². The van der Waals surface area contributed by atoms with Crippen LogP contribution in [0.25, 0.3) is 0 Å². The van der Waals surface area contributed by atoms with E-state index in [0.29, 0.717) is 30.8 Å². The van der Waals surface area contributed by atoms with E-state index in [4.69, 9.17) is 10.8 Å². The first-order valence-electron chi connectivity index (χ1n) is 11.2. The first-order valence-corrected chi connectivity index (χ1v) is 11.2. The quantitative estimate of drug-likeness (QED) is 0.164. The van der Waals surface area contributed by atoms with Crippen molar-refractivity contribution in [1.82, 2.24) is 35.5 Å².